The van der Waals surface area contributed by atoms with Crippen molar-refractivity contribution < 1.29 is 0 Å². The standard InChI is InChI=1S/C16H27N3/c1-4-8-17-16-11-14(7-9-18-16)19-15-6-5-12(2)10-13(15)3/h7,9,11-13,15H,4-6,8,10H2,1-3H3,(H2,17,18,19). The average molecular weight is 261 g/mol. The molecule has 0 spiro atoms. The number of aromatic nitrogens is 1. The highest BCUT2D eigenvalue weighted by Crippen LogP contribution is 2.30. The van der Waals surface area contributed by atoms with Crippen molar-refractivity contribution in [3.8, 4) is 0 Å². The highest BCUT2D eigenvalue weighted by atomic mass is 15.0. The van der Waals surface area contributed by atoms with Gasteiger partial charge in [0.15, 0.2) is 0 Å². The summed E-state index contributed by atoms with van der Waals surface area (Å²) >= 11 is 0. The summed E-state index contributed by atoms with van der Waals surface area (Å²) in [5.74, 6) is 2.61. The molecule has 1 aromatic rings. The topological polar surface area (TPSA) is 37.0 Å². The molecule has 2 rings (SSSR count). The van der Waals surface area contributed by atoms with Gasteiger partial charge in [-0.2, -0.15) is 0 Å². The molecule has 1 aliphatic carbocycles. The van der Waals surface area contributed by atoms with Crippen LogP contribution in [0.15, 0.2) is 18.3 Å². The third-order valence-corrected chi connectivity index (χ3v) is 4.10. The van der Waals surface area contributed by atoms with E-state index in [-0.39, 0.29) is 0 Å². The van der Waals surface area contributed by atoms with Gasteiger partial charge in [-0.15, -0.1) is 0 Å². The molecule has 2 N–H and O–H groups in total. The molecule has 3 atom stereocenters. The van der Waals surface area contributed by atoms with Crippen molar-refractivity contribution in [1.82, 2.24) is 4.98 Å². The first-order chi connectivity index (χ1) is 9.19. The number of rotatable bonds is 5. The third-order valence-electron chi connectivity index (χ3n) is 4.10. The predicted molar refractivity (Wildman–Crippen MR) is 82.6 cm³/mol. The van der Waals surface area contributed by atoms with Crippen molar-refractivity contribution in [2.24, 2.45) is 11.8 Å². The van der Waals surface area contributed by atoms with Crippen LogP contribution in [0, 0.1) is 11.8 Å². The van der Waals surface area contributed by atoms with Crippen LogP contribution in [0.5, 0.6) is 0 Å². The van der Waals surface area contributed by atoms with Crippen LogP contribution in [-0.4, -0.2) is 17.6 Å². The molecule has 1 aromatic heterocycles. The largest absolute Gasteiger partial charge is 0.382 e. The molecule has 3 heteroatoms. The van der Waals surface area contributed by atoms with Crippen LogP contribution < -0.4 is 10.6 Å². The van der Waals surface area contributed by atoms with Crippen molar-refractivity contribution in [3.63, 3.8) is 0 Å². The van der Waals surface area contributed by atoms with Gasteiger partial charge < -0.3 is 10.6 Å². The van der Waals surface area contributed by atoms with Crippen molar-refractivity contribution in [3.05, 3.63) is 18.3 Å². The van der Waals surface area contributed by atoms with E-state index in [1.807, 2.05) is 6.20 Å². The maximum Gasteiger partial charge on any atom is 0.127 e. The summed E-state index contributed by atoms with van der Waals surface area (Å²) in [6.45, 7) is 7.88. The minimum atomic E-state index is 0.609. The lowest BCUT2D eigenvalue weighted by atomic mass is 9.80. The van der Waals surface area contributed by atoms with Crippen LogP contribution in [0.3, 0.4) is 0 Å². The molecule has 3 nitrogen and oxygen atoms in total. The van der Waals surface area contributed by atoms with Gasteiger partial charge in [0.25, 0.3) is 0 Å². The average Bonchev–Trinajstić information content (AvgIpc) is 2.40. The number of nitrogens with one attached hydrogen (secondary N) is 2. The number of nitrogens with zero attached hydrogens (tertiary/aromatic N) is 1. The first-order valence-corrected chi connectivity index (χ1v) is 7.65. The second kappa shape index (κ2) is 6.78. The van der Waals surface area contributed by atoms with Crippen LogP contribution in [0.25, 0.3) is 0 Å². The van der Waals surface area contributed by atoms with Crippen LogP contribution in [0.2, 0.25) is 0 Å². The van der Waals surface area contributed by atoms with Gasteiger partial charge in [0.2, 0.25) is 0 Å². The molecule has 3 unspecified atom stereocenters. The van der Waals surface area contributed by atoms with Crippen LogP contribution >= 0.6 is 0 Å². The third kappa shape index (κ3) is 4.12. The zero-order chi connectivity index (χ0) is 13.7. The molecule has 1 heterocycles. The maximum absolute atomic E-state index is 4.35. The maximum atomic E-state index is 4.35. The molecule has 106 valence electrons. The molecular formula is C16H27N3. The van der Waals surface area contributed by atoms with E-state index in [4.69, 9.17) is 0 Å². The van der Waals surface area contributed by atoms with E-state index in [0.717, 1.165) is 30.6 Å². The lowest BCUT2D eigenvalue weighted by Gasteiger charge is -2.33. The van der Waals surface area contributed by atoms with E-state index in [1.54, 1.807) is 0 Å². The Labute approximate surface area is 117 Å². The van der Waals surface area contributed by atoms with E-state index < -0.39 is 0 Å². The molecule has 1 saturated carbocycles. The van der Waals surface area contributed by atoms with Gasteiger partial charge in [-0.3, -0.25) is 0 Å². The second-order valence-corrected chi connectivity index (χ2v) is 6.00. The van der Waals surface area contributed by atoms with Crippen molar-refractivity contribution >= 4 is 11.5 Å². The summed E-state index contributed by atoms with van der Waals surface area (Å²) in [6.07, 6.45) is 6.97. The fourth-order valence-corrected chi connectivity index (χ4v) is 2.96. The highest BCUT2D eigenvalue weighted by molar-refractivity contribution is 5.52. The molecular weight excluding hydrogens is 234 g/mol. The minimum Gasteiger partial charge on any atom is -0.382 e. The van der Waals surface area contributed by atoms with Gasteiger partial charge in [-0.25, -0.2) is 4.98 Å². The summed E-state index contributed by atoms with van der Waals surface area (Å²) in [5.41, 5.74) is 1.19. The van der Waals surface area contributed by atoms with Gasteiger partial charge in [0, 0.05) is 30.5 Å². The smallest absolute Gasteiger partial charge is 0.127 e. The Morgan fingerprint density at radius 3 is 2.89 bits per heavy atom. The fraction of sp³-hybridized carbons (Fsp3) is 0.688. The first kappa shape index (κ1) is 14.2. The van der Waals surface area contributed by atoms with Crippen molar-refractivity contribution in [2.45, 2.75) is 52.5 Å². The molecule has 0 aromatic carbocycles. The number of anilines is 2. The Morgan fingerprint density at radius 1 is 1.32 bits per heavy atom. The van der Waals surface area contributed by atoms with E-state index >= 15 is 0 Å². The number of hydrogen-bond acceptors (Lipinski definition) is 3. The van der Waals surface area contributed by atoms with E-state index in [2.05, 4.69) is 48.5 Å². The Balaban J connectivity index is 1.94. The lowest BCUT2D eigenvalue weighted by molar-refractivity contribution is 0.276. The molecule has 1 fully saturated rings. The summed E-state index contributed by atoms with van der Waals surface area (Å²) in [7, 11) is 0. The summed E-state index contributed by atoms with van der Waals surface area (Å²) in [6, 6.07) is 4.81. The number of pyridine rings is 1. The minimum absolute atomic E-state index is 0.609. The normalized spacial score (nSPS) is 27.0. The quantitative estimate of drug-likeness (QED) is 0.836. The molecule has 0 radical (unpaired) electrons. The van der Waals surface area contributed by atoms with Gasteiger partial charge >= 0.3 is 0 Å². The van der Waals surface area contributed by atoms with Gasteiger partial charge in [0.05, 0.1) is 0 Å². The zero-order valence-corrected chi connectivity index (χ0v) is 12.4. The van der Waals surface area contributed by atoms with E-state index in [9.17, 15) is 0 Å². The van der Waals surface area contributed by atoms with Gasteiger partial charge in [-0.05, 0) is 43.6 Å². The SMILES string of the molecule is CCCNc1cc(NC2CCC(C)CC2C)ccn1. The molecule has 0 amide bonds. The zero-order valence-electron chi connectivity index (χ0n) is 12.4. The van der Waals surface area contributed by atoms with Crippen molar-refractivity contribution in [1.29, 1.82) is 0 Å². The fourth-order valence-electron chi connectivity index (χ4n) is 2.96. The lowest BCUT2D eigenvalue weighted by Crippen LogP contribution is -2.33. The Kier molecular flexibility index (Phi) is 5.06. The molecule has 0 aliphatic heterocycles. The number of hydrogen-bond donors (Lipinski definition) is 2. The van der Waals surface area contributed by atoms with Crippen LogP contribution in [-0.2, 0) is 0 Å². The monoisotopic (exact) mass is 261 g/mol. The molecule has 0 bridgehead atoms. The highest BCUT2D eigenvalue weighted by Gasteiger charge is 2.25. The molecule has 1 aliphatic rings. The predicted octanol–water partition coefficient (Wildman–Crippen LogP) is 4.14. The summed E-state index contributed by atoms with van der Waals surface area (Å²) in [4.78, 5) is 4.35. The Hall–Kier alpha value is -1.25. The Bertz CT molecular complexity index is 391. The summed E-state index contributed by atoms with van der Waals surface area (Å²) < 4.78 is 0. The first-order valence-electron chi connectivity index (χ1n) is 7.65. The molecule has 0 saturated heterocycles. The van der Waals surface area contributed by atoms with Crippen molar-refractivity contribution in [2.75, 3.05) is 17.2 Å². The van der Waals surface area contributed by atoms with Crippen LogP contribution in [0.4, 0.5) is 11.5 Å². The second-order valence-electron chi connectivity index (χ2n) is 6.00. The van der Waals surface area contributed by atoms with E-state index in [1.165, 1.54) is 24.9 Å². The van der Waals surface area contributed by atoms with Gasteiger partial charge in [0.1, 0.15) is 5.82 Å². The van der Waals surface area contributed by atoms with Crippen LogP contribution in [0.1, 0.15) is 46.5 Å². The Morgan fingerprint density at radius 2 is 2.16 bits per heavy atom. The molecule has 19 heavy (non-hydrogen) atoms. The van der Waals surface area contributed by atoms with Gasteiger partial charge in [-0.1, -0.05) is 20.8 Å². The summed E-state index contributed by atoms with van der Waals surface area (Å²) in [5, 5.41) is 7.03. The van der Waals surface area contributed by atoms with E-state index in [0.29, 0.717) is 6.04 Å².